The maximum absolute atomic E-state index is 9.41. The van der Waals surface area contributed by atoms with Gasteiger partial charge in [-0.2, -0.15) is 0 Å². The first kappa shape index (κ1) is 12.5. The topological polar surface area (TPSA) is 34.4 Å². The Kier molecular flexibility index (Phi) is 2.93. The minimum absolute atomic E-state index is 0.0761. The summed E-state index contributed by atoms with van der Waals surface area (Å²) in [5.41, 5.74) is 3.41. The highest BCUT2D eigenvalue weighted by molar-refractivity contribution is 5.83. The van der Waals surface area contributed by atoms with Crippen molar-refractivity contribution in [2.24, 2.45) is 0 Å². The minimum atomic E-state index is 0.0761. The quantitative estimate of drug-likeness (QED) is 0.799. The van der Waals surface area contributed by atoms with Crippen LogP contribution in [0, 0.1) is 0 Å². The predicted octanol–water partition coefficient (Wildman–Crippen LogP) is 3.14. The van der Waals surface area contributed by atoms with Gasteiger partial charge < -0.3 is 14.4 Å². The van der Waals surface area contributed by atoms with E-state index in [-0.39, 0.29) is 12.7 Å². The second-order valence-corrected chi connectivity index (χ2v) is 5.53. The molecule has 106 valence electrons. The summed E-state index contributed by atoms with van der Waals surface area (Å²) in [6, 6.07) is 16.4. The largest absolute Gasteiger partial charge is 0.488 e. The number of nitrogens with zero attached hydrogens (tertiary/aromatic N) is 1. The highest BCUT2D eigenvalue weighted by Crippen LogP contribution is 2.30. The van der Waals surface area contributed by atoms with Gasteiger partial charge in [-0.1, -0.05) is 30.3 Å². The Morgan fingerprint density at radius 1 is 1.10 bits per heavy atom. The number of rotatable bonds is 3. The van der Waals surface area contributed by atoms with Crippen LogP contribution in [0.25, 0.3) is 10.9 Å². The number of benzene rings is 2. The van der Waals surface area contributed by atoms with Crippen molar-refractivity contribution in [3.05, 3.63) is 65.9 Å². The molecule has 21 heavy (non-hydrogen) atoms. The zero-order valence-electron chi connectivity index (χ0n) is 11.7. The summed E-state index contributed by atoms with van der Waals surface area (Å²) in [6.45, 7) is 0.903. The second-order valence-electron chi connectivity index (χ2n) is 5.53. The van der Waals surface area contributed by atoms with Gasteiger partial charge in [-0.05, 0) is 29.3 Å². The van der Waals surface area contributed by atoms with E-state index >= 15 is 0 Å². The maximum Gasteiger partial charge on any atom is 0.123 e. The average molecular weight is 279 g/mol. The van der Waals surface area contributed by atoms with Gasteiger partial charge in [0, 0.05) is 23.5 Å². The molecule has 0 saturated carbocycles. The summed E-state index contributed by atoms with van der Waals surface area (Å²) in [6.07, 6.45) is 3.21. The third-order valence-electron chi connectivity index (χ3n) is 4.19. The maximum atomic E-state index is 9.41. The summed E-state index contributed by atoms with van der Waals surface area (Å²) in [7, 11) is 0. The minimum Gasteiger partial charge on any atom is -0.488 e. The van der Waals surface area contributed by atoms with E-state index in [1.165, 1.54) is 5.56 Å². The summed E-state index contributed by atoms with van der Waals surface area (Å²) in [4.78, 5) is 0. The normalized spacial score (nSPS) is 16.9. The van der Waals surface area contributed by atoms with Gasteiger partial charge in [-0.15, -0.1) is 0 Å². The summed E-state index contributed by atoms with van der Waals surface area (Å²) < 4.78 is 8.23. The van der Waals surface area contributed by atoms with E-state index in [1.54, 1.807) is 0 Å². The number of hydrogen-bond donors (Lipinski definition) is 1. The van der Waals surface area contributed by atoms with E-state index in [0.717, 1.165) is 35.2 Å². The Morgan fingerprint density at radius 2 is 2.00 bits per heavy atom. The first-order chi connectivity index (χ1) is 10.3. The van der Waals surface area contributed by atoms with Gasteiger partial charge >= 0.3 is 0 Å². The Hall–Kier alpha value is -2.26. The molecule has 1 aliphatic heterocycles. The Balaban J connectivity index is 1.62. The van der Waals surface area contributed by atoms with Crippen LogP contribution in [0.15, 0.2) is 54.7 Å². The van der Waals surface area contributed by atoms with Crippen molar-refractivity contribution in [1.29, 1.82) is 0 Å². The molecule has 0 bridgehead atoms. The van der Waals surface area contributed by atoms with Gasteiger partial charge in [0.05, 0.1) is 13.2 Å². The van der Waals surface area contributed by atoms with E-state index in [4.69, 9.17) is 4.74 Å². The van der Waals surface area contributed by atoms with Crippen LogP contribution < -0.4 is 4.74 Å². The standard InChI is InChI=1S/C18H17NO2/c20-12-14-5-3-6-17-16(14)8-9-19(17)11-15-10-13-4-1-2-7-18(13)21-15/h1-9,15,20H,10-12H2. The highest BCUT2D eigenvalue weighted by Gasteiger charge is 2.23. The van der Waals surface area contributed by atoms with Crippen LogP contribution in [0.2, 0.25) is 0 Å². The molecule has 1 aromatic heterocycles. The molecule has 1 N–H and O–H groups in total. The Morgan fingerprint density at radius 3 is 2.86 bits per heavy atom. The van der Waals surface area contributed by atoms with Crippen molar-refractivity contribution in [3.8, 4) is 5.75 Å². The molecule has 2 heterocycles. The number of hydrogen-bond acceptors (Lipinski definition) is 2. The van der Waals surface area contributed by atoms with Gasteiger partial charge in [0.2, 0.25) is 0 Å². The van der Waals surface area contributed by atoms with Crippen LogP contribution in [0.1, 0.15) is 11.1 Å². The molecule has 0 fully saturated rings. The molecule has 0 saturated heterocycles. The Bertz CT molecular complexity index is 766. The third kappa shape index (κ3) is 2.10. The van der Waals surface area contributed by atoms with Gasteiger partial charge in [0.15, 0.2) is 0 Å². The second kappa shape index (κ2) is 4.93. The summed E-state index contributed by atoms with van der Waals surface area (Å²) in [5.74, 6) is 1.01. The lowest BCUT2D eigenvalue weighted by atomic mass is 10.1. The SMILES string of the molecule is OCc1cccc2c1ccn2CC1Cc2ccccc2O1. The van der Waals surface area contributed by atoms with Crippen molar-refractivity contribution in [2.75, 3.05) is 0 Å². The van der Waals surface area contributed by atoms with Crippen molar-refractivity contribution in [2.45, 2.75) is 25.7 Å². The smallest absolute Gasteiger partial charge is 0.123 e. The summed E-state index contributed by atoms with van der Waals surface area (Å²) in [5, 5.41) is 10.5. The highest BCUT2D eigenvalue weighted by atomic mass is 16.5. The molecule has 2 aromatic carbocycles. The number of ether oxygens (including phenoxy) is 1. The molecule has 1 atom stereocenters. The van der Waals surface area contributed by atoms with E-state index in [9.17, 15) is 5.11 Å². The number of aliphatic hydroxyl groups is 1. The third-order valence-corrected chi connectivity index (χ3v) is 4.19. The number of fused-ring (bicyclic) bond motifs is 2. The van der Waals surface area contributed by atoms with Crippen LogP contribution in [0.3, 0.4) is 0 Å². The lowest BCUT2D eigenvalue weighted by Crippen LogP contribution is -2.20. The van der Waals surface area contributed by atoms with Gasteiger partial charge in [0.25, 0.3) is 0 Å². The number of aromatic nitrogens is 1. The molecule has 0 amide bonds. The lowest BCUT2D eigenvalue weighted by Gasteiger charge is -2.13. The van der Waals surface area contributed by atoms with Crippen LogP contribution in [-0.4, -0.2) is 15.8 Å². The van der Waals surface area contributed by atoms with Gasteiger partial charge in [-0.3, -0.25) is 0 Å². The molecular formula is C18H17NO2. The molecule has 1 aliphatic rings. The number of para-hydroxylation sites is 1. The molecule has 3 nitrogen and oxygen atoms in total. The first-order valence-electron chi connectivity index (χ1n) is 7.27. The lowest BCUT2D eigenvalue weighted by molar-refractivity contribution is 0.211. The molecular weight excluding hydrogens is 262 g/mol. The average Bonchev–Trinajstić information content (AvgIpc) is 3.11. The van der Waals surface area contributed by atoms with E-state index < -0.39 is 0 Å². The molecule has 0 radical (unpaired) electrons. The van der Waals surface area contributed by atoms with Crippen molar-refractivity contribution in [3.63, 3.8) is 0 Å². The Labute approximate surface area is 123 Å². The zero-order valence-corrected chi connectivity index (χ0v) is 11.7. The van der Waals surface area contributed by atoms with Crippen LogP contribution in [0.4, 0.5) is 0 Å². The predicted molar refractivity (Wildman–Crippen MR) is 82.4 cm³/mol. The molecule has 0 spiro atoms. The van der Waals surface area contributed by atoms with Gasteiger partial charge in [-0.25, -0.2) is 0 Å². The number of aliphatic hydroxyl groups excluding tert-OH is 1. The fourth-order valence-electron chi connectivity index (χ4n) is 3.16. The van der Waals surface area contributed by atoms with E-state index in [0.29, 0.717) is 0 Å². The molecule has 3 aromatic rings. The van der Waals surface area contributed by atoms with E-state index in [1.807, 2.05) is 24.3 Å². The molecule has 3 heteroatoms. The zero-order chi connectivity index (χ0) is 14.2. The fraction of sp³-hybridized carbons (Fsp3) is 0.222. The van der Waals surface area contributed by atoms with E-state index in [2.05, 4.69) is 35.0 Å². The van der Waals surface area contributed by atoms with Crippen molar-refractivity contribution >= 4 is 10.9 Å². The van der Waals surface area contributed by atoms with Crippen LogP contribution >= 0.6 is 0 Å². The fourth-order valence-corrected chi connectivity index (χ4v) is 3.16. The molecule has 0 aliphatic carbocycles. The molecule has 4 rings (SSSR count). The van der Waals surface area contributed by atoms with Crippen molar-refractivity contribution in [1.82, 2.24) is 4.57 Å². The van der Waals surface area contributed by atoms with Crippen LogP contribution in [0.5, 0.6) is 5.75 Å². The van der Waals surface area contributed by atoms with Crippen LogP contribution in [-0.2, 0) is 19.6 Å². The summed E-state index contributed by atoms with van der Waals surface area (Å²) >= 11 is 0. The monoisotopic (exact) mass is 279 g/mol. The first-order valence-corrected chi connectivity index (χ1v) is 7.27. The van der Waals surface area contributed by atoms with Gasteiger partial charge in [0.1, 0.15) is 11.9 Å². The molecule has 1 unspecified atom stereocenters. The van der Waals surface area contributed by atoms with Crippen molar-refractivity contribution < 1.29 is 9.84 Å².